The quantitative estimate of drug-likeness (QED) is 0.811. The van der Waals surface area contributed by atoms with Crippen molar-refractivity contribution in [1.82, 2.24) is 9.78 Å². The Labute approximate surface area is 125 Å². The van der Waals surface area contributed by atoms with Gasteiger partial charge in [0.15, 0.2) is 0 Å². The monoisotopic (exact) mass is 301 g/mol. The number of hydrogen-bond acceptors (Lipinski definition) is 4. The second-order valence-corrected chi connectivity index (χ2v) is 6.28. The van der Waals surface area contributed by atoms with E-state index < -0.39 is 0 Å². The van der Waals surface area contributed by atoms with Gasteiger partial charge in [-0.05, 0) is 18.3 Å². The zero-order valence-electron chi connectivity index (χ0n) is 12.6. The number of hydrogen-bond donors (Lipinski definition) is 2. The molecule has 0 saturated carbocycles. The van der Waals surface area contributed by atoms with Crippen molar-refractivity contribution in [1.29, 1.82) is 0 Å². The van der Waals surface area contributed by atoms with E-state index in [1.807, 2.05) is 13.8 Å². The van der Waals surface area contributed by atoms with Gasteiger partial charge in [-0.1, -0.05) is 39.3 Å². The first kappa shape index (κ1) is 17.0. The Bertz CT molecular complexity index is 486. The van der Waals surface area contributed by atoms with Gasteiger partial charge in [0.05, 0.1) is 18.5 Å². The SMILES string of the molecule is CC(C)CC(CO)Nc1cnn(CC(C)C)c(=O)c1Cl. The van der Waals surface area contributed by atoms with Crippen LogP contribution in [-0.4, -0.2) is 27.5 Å². The van der Waals surface area contributed by atoms with Crippen molar-refractivity contribution in [3.05, 3.63) is 21.6 Å². The molecule has 1 atom stereocenters. The highest BCUT2D eigenvalue weighted by atomic mass is 35.5. The molecule has 1 unspecified atom stereocenters. The van der Waals surface area contributed by atoms with Crippen LogP contribution in [0.5, 0.6) is 0 Å². The van der Waals surface area contributed by atoms with E-state index in [4.69, 9.17) is 11.6 Å². The van der Waals surface area contributed by atoms with Gasteiger partial charge >= 0.3 is 0 Å². The van der Waals surface area contributed by atoms with E-state index in [0.29, 0.717) is 24.1 Å². The molecule has 0 aliphatic rings. The lowest BCUT2D eigenvalue weighted by Gasteiger charge is -2.20. The lowest BCUT2D eigenvalue weighted by molar-refractivity contribution is 0.259. The molecule has 0 amide bonds. The van der Waals surface area contributed by atoms with E-state index >= 15 is 0 Å². The summed E-state index contributed by atoms with van der Waals surface area (Å²) in [6, 6.07) is -0.130. The van der Waals surface area contributed by atoms with Crippen LogP contribution >= 0.6 is 11.6 Å². The number of aliphatic hydroxyl groups excluding tert-OH is 1. The Morgan fingerprint density at radius 1 is 1.35 bits per heavy atom. The molecule has 0 aromatic carbocycles. The first-order valence-electron chi connectivity index (χ1n) is 6.98. The number of halogens is 1. The normalized spacial score (nSPS) is 13.0. The van der Waals surface area contributed by atoms with Gasteiger partial charge in [0.25, 0.3) is 5.56 Å². The van der Waals surface area contributed by atoms with Gasteiger partial charge in [0, 0.05) is 12.6 Å². The first-order chi connectivity index (χ1) is 9.35. The molecule has 1 aromatic rings. The van der Waals surface area contributed by atoms with E-state index in [-0.39, 0.29) is 23.2 Å². The molecule has 1 rings (SSSR count). The van der Waals surface area contributed by atoms with Crippen LogP contribution in [0.3, 0.4) is 0 Å². The van der Waals surface area contributed by atoms with E-state index in [9.17, 15) is 9.90 Å². The predicted molar refractivity (Wildman–Crippen MR) is 82.3 cm³/mol. The number of nitrogens with zero attached hydrogens (tertiary/aromatic N) is 2. The highest BCUT2D eigenvalue weighted by Gasteiger charge is 2.15. The minimum absolute atomic E-state index is 0.0103. The van der Waals surface area contributed by atoms with Gasteiger partial charge in [0.1, 0.15) is 5.02 Å². The summed E-state index contributed by atoms with van der Waals surface area (Å²) in [6.45, 7) is 8.70. The van der Waals surface area contributed by atoms with Gasteiger partial charge in [-0.15, -0.1) is 0 Å². The van der Waals surface area contributed by atoms with Crippen molar-refractivity contribution in [2.75, 3.05) is 11.9 Å². The maximum Gasteiger partial charge on any atom is 0.287 e. The number of rotatable bonds is 7. The molecule has 0 saturated heterocycles. The van der Waals surface area contributed by atoms with E-state index in [1.165, 1.54) is 4.68 Å². The lowest BCUT2D eigenvalue weighted by atomic mass is 10.0. The minimum atomic E-state index is -0.299. The Morgan fingerprint density at radius 3 is 2.50 bits per heavy atom. The van der Waals surface area contributed by atoms with E-state index in [1.54, 1.807) is 6.20 Å². The smallest absolute Gasteiger partial charge is 0.287 e. The van der Waals surface area contributed by atoms with E-state index in [2.05, 4.69) is 24.3 Å². The van der Waals surface area contributed by atoms with Crippen molar-refractivity contribution in [3.63, 3.8) is 0 Å². The first-order valence-corrected chi connectivity index (χ1v) is 7.36. The molecular formula is C14H24ClN3O2. The molecule has 114 valence electrons. The van der Waals surface area contributed by atoms with Crippen LogP contribution in [0.15, 0.2) is 11.0 Å². The van der Waals surface area contributed by atoms with Crippen molar-refractivity contribution < 1.29 is 5.11 Å². The summed E-state index contributed by atoms with van der Waals surface area (Å²) in [5, 5.41) is 16.7. The highest BCUT2D eigenvalue weighted by Crippen LogP contribution is 2.18. The molecule has 2 N–H and O–H groups in total. The van der Waals surface area contributed by atoms with Gasteiger partial charge < -0.3 is 10.4 Å². The highest BCUT2D eigenvalue weighted by molar-refractivity contribution is 6.32. The third-order valence-electron chi connectivity index (χ3n) is 2.86. The summed E-state index contributed by atoms with van der Waals surface area (Å²) >= 11 is 6.10. The van der Waals surface area contributed by atoms with Crippen LogP contribution in [-0.2, 0) is 6.54 Å². The lowest BCUT2D eigenvalue weighted by Crippen LogP contribution is -2.30. The molecule has 0 aliphatic carbocycles. The summed E-state index contributed by atoms with van der Waals surface area (Å²) in [5.74, 6) is 0.758. The Balaban J connectivity index is 2.92. The Morgan fingerprint density at radius 2 is 2.00 bits per heavy atom. The van der Waals surface area contributed by atoms with Gasteiger partial charge in [-0.25, -0.2) is 4.68 Å². The fourth-order valence-corrected chi connectivity index (χ4v) is 2.21. The van der Waals surface area contributed by atoms with Gasteiger partial charge in [-0.2, -0.15) is 5.10 Å². The third-order valence-corrected chi connectivity index (χ3v) is 3.22. The number of aliphatic hydroxyl groups is 1. The second-order valence-electron chi connectivity index (χ2n) is 5.91. The summed E-state index contributed by atoms with van der Waals surface area (Å²) in [4.78, 5) is 12.1. The number of anilines is 1. The van der Waals surface area contributed by atoms with Crippen LogP contribution in [0.4, 0.5) is 5.69 Å². The van der Waals surface area contributed by atoms with Gasteiger partial charge in [-0.3, -0.25) is 4.79 Å². The molecule has 20 heavy (non-hydrogen) atoms. The van der Waals surface area contributed by atoms with Crippen LogP contribution in [0.1, 0.15) is 34.1 Å². The molecular weight excluding hydrogens is 278 g/mol. The molecule has 0 spiro atoms. The minimum Gasteiger partial charge on any atom is -0.394 e. The Kier molecular flexibility index (Phi) is 6.49. The summed E-state index contributed by atoms with van der Waals surface area (Å²) < 4.78 is 1.37. The standard InChI is InChI=1S/C14H24ClN3O2/c1-9(2)5-11(8-19)17-12-6-16-18(7-10(3)4)14(20)13(12)15/h6,9-11,17,19H,5,7-8H2,1-4H3. The molecule has 5 nitrogen and oxygen atoms in total. The van der Waals surface area contributed by atoms with Gasteiger partial charge in [0.2, 0.25) is 0 Å². The van der Waals surface area contributed by atoms with Crippen molar-refractivity contribution in [2.45, 2.75) is 46.7 Å². The van der Waals surface area contributed by atoms with Crippen LogP contribution in [0.2, 0.25) is 5.02 Å². The molecule has 0 bridgehead atoms. The average Bonchev–Trinajstić information content (AvgIpc) is 2.36. The van der Waals surface area contributed by atoms with Crippen LogP contribution in [0, 0.1) is 11.8 Å². The summed E-state index contributed by atoms with van der Waals surface area (Å²) in [6.07, 6.45) is 2.34. The van der Waals surface area contributed by atoms with Crippen LogP contribution in [0.25, 0.3) is 0 Å². The molecule has 1 aromatic heterocycles. The fourth-order valence-electron chi connectivity index (χ4n) is 2.01. The molecule has 0 radical (unpaired) electrons. The topological polar surface area (TPSA) is 67.2 Å². The van der Waals surface area contributed by atoms with Crippen molar-refractivity contribution in [2.24, 2.45) is 11.8 Å². The Hall–Kier alpha value is -1.07. The summed E-state index contributed by atoms with van der Waals surface area (Å²) in [7, 11) is 0. The number of aromatic nitrogens is 2. The largest absolute Gasteiger partial charge is 0.394 e. The van der Waals surface area contributed by atoms with E-state index in [0.717, 1.165) is 6.42 Å². The second kappa shape index (κ2) is 7.64. The van der Waals surface area contributed by atoms with Crippen molar-refractivity contribution >= 4 is 17.3 Å². The van der Waals surface area contributed by atoms with Crippen molar-refractivity contribution in [3.8, 4) is 0 Å². The van der Waals surface area contributed by atoms with Crippen LogP contribution < -0.4 is 10.9 Å². The fraction of sp³-hybridized carbons (Fsp3) is 0.714. The average molecular weight is 302 g/mol. The molecule has 0 aliphatic heterocycles. The zero-order valence-corrected chi connectivity index (χ0v) is 13.3. The maximum atomic E-state index is 12.1. The maximum absolute atomic E-state index is 12.1. The molecule has 6 heteroatoms. The summed E-state index contributed by atoms with van der Waals surface area (Å²) in [5.41, 5.74) is 0.183. The molecule has 0 fully saturated rings. The number of nitrogens with one attached hydrogen (secondary N) is 1. The zero-order chi connectivity index (χ0) is 15.3. The third kappa shape index (κ3) is 4.80. The molecule has 1 heterocycles. The predicted octanol–water partition coefficient (Wildman–Crippen LogP) is 2.37.